The third kappa shape index (κ3) is 12.5. The summed E-state index contributed by atoms with van der Waals surface area (Å²) in [7, 11) is 0. The minimum absolute atomic E-state index is 0.136. The van der Waals surface area contributed by atoms with Gasteiger partial charge < -0.3 is 42.7 Å². The van der Waals surface area contributed by atoms with Crippen LogP contribution in [0.2, 0.25) is 0 Å². The molecule has 5 unspecified atom stereocenters. The minimum Gasteiger partial charge on any atom is -0.481 e. The van der Waals surface area contributed by atoms with E-state index in [0.29, 0.717) is 25.8 Å². The molecule has 0 saturated heterocycles. The highest BCUT2D eigenvalue weighted by molar-refractivity contribution is 5.94. The summed E-state index contributed by atoms with van der Waals surface area (Å²) in [4.78, 5) is 60.4. The van der Waals surface area contributed by atoms with E-state index in [1.54, 1.807) is 13.8 Å². The topological polar surface area (TPSA) is 234 Å². The maximum absolute atomic E-state index is 13.0. The molecule has 0 aliphatic carbocycles. The second kappa shape index (κ2) is 16.0. The normalized spacial score (nSPS) is 15.6. The molecule has 13 heteroatoms. The maximum atomic E-state index is 13.0. The summed E-state index contributed by atoms with van der Waals surface area (Å²) < 4.78 is 0. The molecule has 5 atom stereocenters. The van der Waals surface area contributed by atoms with Gasteiger partial charge in [-0.3, -0.25) is 19.2 Å². The Balaban J connectivity index is 5.51. The molecule has 0 heterocycles. The second-order valence-corrected chi connectivity index (χ2v) is 9.31. The Hall–Kier alpha value is -2.77. The number of hydrogen-bond donors (Lipinski definition) is 8. The Labute approximate surface area is 205 Å². The third-order valence-corrected chi connectivity index (χ3v) is 5.24. The lowest BCUT2D eigenvalue weighted by atomic mass is 9.98. The van der Waals surface area contributed by atoms with Crippen LogP contribution in [0.25, 0.3) is 0 Å². The van der Waals surface area contributed by atoms with E-state index >= 15 is 0 Å². The Morgan fingerprint density at radius 2 is 1.40 bits per heavy atom. The van der Waals surface area contributed by atoms with Crippen LogP contribution >= 0.6 is 0 Å². The van der Waals surface area contributed by atoms with Gasteiger partial charge in [0.05, 0.1) is 6.42 Å². The van der Waals surface area contributed by atoms with E-state index in [0.717, 1.165) is 0 Å². The van der Waals surface area contributed by atoms with Gasteiger partial charge in [-0.2, -0.15) is 0 Å². The second-order valence-electron chi connectivity index (χ2n) is 9.31. The number of aliphatic hydroxyl groups excluding tert-OH is 1. The van der Waals surface area contributed by atoms with Crippen molar-refractivity contribution in [1.29, 1.82) is 0 Å². The molecule has 0 aromatic heterocycles. The summed E-state index contributed by atoms with van der Waals surface area (Å²) in [6.45, 7) is 7.34. The molecule has 0 rings (SSSR count). The van der Waals surface area contributed by atoms with Crippen molar-refractivity contribution in [2.24, 2.45) is 23.3 Å². The number of nitrogens with one attached hydrogen (secondary N) is 3. The molecule has 0 aliphatic rings. The van der Waals surface area contributed by atoms with E-state index in [1.165, 1.54) is 0 Å². The van der Waals surface area contributed by atoms with Crippen molar-refractivity contribution in [2.75, 3.05) is 6.54 Å². The van der Waals surface area contributed by atoms with E-state index in [2.05, 4.69) is 16.0 Å². The van der Waals surface area contributed by atoms with Gasteiger partial charge in [-0.15, -0.1) is 0 Å². The van der Waals surface area contributed by atoms with Gasteiger partial charge in [0.1, 0.15) is 24.2 Å². The van der Waals surface area contributed by atoms with Crippen molar-refractivity contribution in [1.82, 2.24) is 16.0 Å². The Bertz CT molecular complexity index is 731. The van der Waals surface area contributed by atoms with Crippen LogP contribution < -0.4 is 27.4 Å². The number of unbranched alkanes of at least 4 members (excludes halogenated alkanes) is 1. The van der Waals surface area contributed by atoms with Crippen molar-refractivity contribution in [3.8, 4) is 0 Å². The number of rotatable bonds is 17. The van der Waals surface area contributed by atoms with Crippen LogP contribution in [0.15, 0.2) is 0 Å². The summed E-state index contributed by atoms with van der Waals surface area (Å²) in [6, 6.07) is -4.84. The van der Waals surface area contributed by atoms with Gasteiger partial charge in [0.15, 0.2) is 0 Å². The highest BCUT2D eigenvalue weighted by Crippen LogP contribution is 2.10. The fourth-order valence-electron chi connectivity index (χ4n) is 3.31. The summed E-state index contributed by atoms with van der Waals surface area (Å²) in [5.74, 6) is -5.75. The van der Waals surface area contributed by atoms with Crippen molar-refractivity contribution in [3.05, 3.63) is 0 Å². The van der Waals surface area contributed by atoms with E-state index in [-0.39, 0.29) is 12.3 Å². The lowest BCUT2D eigenvalue weighted by Crippen LogP contribution is -2.59. The molecular formula is C22H41N5O8. The standard InChI is InChI=1S/C22H41N5O8/c1-11(2)9-13(24)18(30)21(33)25-14(7-5-6-8-23)19(31)27-17(12(3)4)20(32)26-15(22(34)35)10-16(28)29/h11-15,17-18,30H,5-10,23-24H2,1-4H3,(H,25,33)(H,26,32)(H,27,31)(H,28,29)(H,34,35). The Morgan fingerprint density at radius 1 is 0.829 bits per heavy atom. The first kappa shape index (κ1) is 32.2. The van der Waals surface area contributed by atoms with Crippen molar-refractivity contribution in [3.63, 3.8) is 0 Å². The number of hydrogen-bond acceptors (Lipinski definition) is 8. The molecule has 0 aromatic rings. The molecule has 0 fully saturated rings. The van der Waals surface area contributed by atoms with Crippen molar-refractivity contribution < 1.29 is 39.3 Å². The molecule has 0 spiro atoms. The molecule has 3 amide bonds. The van der Waals surface area contributed by atoms with E-state index in [4.69, 9.17) is 16.6 Å². The van der Waals surface area contributed by atoms with Crippen LogP contribution in [0, 0.1) is 11.8 Å². The molecule has 0 bridgehead atoms. The van der Waals surface area contributed by atoms with E-state index in [1.807, 2.05) is 13.8 Å². The first-order valence-electron chi connectivity index (χ1n) is 11.7. The van der Waals surface area contributed by atoms with Gasteiger partial charge >= 0.3 is 11.9 Å². The van der Waals surface area contributed by atoms with Gasteiger partial charge in [-0.05, 0) is 44.1 Å². The summed E-state index contributed by atoms with van der Waals surface area (Å²) in [5, 5.41) is 35.4. The minimum atomic E-state index is -1.68. The van der Waals surface area contributed by atoms with Crippen LogP contribution in [-0.2, 0) is 24.0 Å². The van der Waals surface area contributed by atoms with Crippen LogP contribution in [0.3, 0.4) is 0 Å². The molecule has 13 nitrogen and oxygen atoms in total. The first-order chi connectivity index (χ1) is 16.2. The fourth-order valence-corrected chi connectivity index (χ4v) is 3.31. The number of aliphatic hydroxyl groups is 1. The highest BCUT2D eigenvalue weighted by Gasteiger charge is 2.33. The summed E-state index contributed by atoms with van der Waals surface area (Å²) in [5.41, 5.74) is 11.4. The number of amides is 3. The van der Waals surface area contributed by atoms with Gasteiger partial charge in [0, 0.05) is 6.04 Å². The summed E-state index contributed by atoms with van der Waals surface area (Å²) in [6.07, 6.45) is -0.787. The quantitative estimate of drug-likeness (QED) is 0.107. The molecule has 0 aromatic carbocycles. The zero-order chi connectivity index (χ0) is 27.3. The van der Waals surface area contributed by atoms with Crippen LogP contribution in [0.4, 0.5) is 0 Å². The van der Waals surface area contributed by atoms with E-state index < -0.39 is 72.3 Å². The number of nitrogens with two attached hydrogens (primary N) is 2. The average molecular weight is 504 g/mol. The number of carbonyl (C=O) groups excluding carboxylic acids is 3. The molecule has 10 N–H and O–H groups in total. The predicted octanol–water partition coefficient (Wildman–Crippen LogP) is -1.48. The highest BCUT2D eigenvalue weighted by atomic mass is 16.4. The zero-order valence-corrected chi connectivity index (χ0v) is 20.8. The SMILES string of the molecule is CC(C)CC(N)C(O)C(=O)NC(CCCCN)C(=O)NC(C(=O)NC(CC(=O)O)C(=O)O)C(C)C. The number of aliphatic carboxylic acids is 2. The monoisotopic (exact) mass is 503 g/mol. The van der Waals surface area contributed by atoms with Crippen LogP contribution in [-0.4, -0.2) is 81.8 Å². The Morgan fingerprint density at radius 3 is 1.86 bits per heavy atom. The molecule has 0 saturated carbocycles. The van der Waals surface area contributed by atoms with Gasteiger partial charge in [0.2, 0.25) is 11.8 Å². The zero-order valence-electron chi connectivity index (χ0n) is 20.8. The first-order valence-corrected chi connectivity index (χ1v) is 11.7. The number of carboxylic acid groups (broad SMARTS) is 2. The largest absolute Gasteiger partial charge is 0.481 e. The Kier molecular flexibility index (Phi) is 14.7. The van der Waals surface area contributed by atoms with Gasteiger partial charge in [-0.25, -0.2) is 4.79 Å². The molecule has 35 heavy (non-hydrogen) atoms. The average Bonchev–Trinajstić information content (AvgIpc) is 2.74. The lowest BCUT2D eigenvalue weighted by Gasteiger charge is -2.27. The van der Waals surface area contributed by atoms with Crippen molar-refractivity contribution >= 4 is 29.7 Å². The van der Waals surface area contributed by atoms with Gasteiger partial charge in [0.25, 0.3) is 5.91 Å². The fraction of sp³-hybridized carbons (Fsp3) is 0.773. The van der Waals surface area contributed by atoms with Crippen molar-refractivity contribution in [2.45, 2.75) is 90.1 Å². The molecular weight excluding hydrogens is 462 g/mol. The van der Waals surface area contributed by atoms with E-state index in [9.17, 15) is 34.2 Å². The molecule has 0 radical (unpaired) electrons. The third-order valence-electron chi connectivity index (χ3n) is 5.24. The van der Waals surface area contributed by atoms with Crippen LogP contribution in [0.1, 0.15) is 59.8 Å². The number of carboxylic acids is 2. The molecule has 0 aliphatic heterocycles. The van der Waals surface area contributed by atoms with Crippen LogP contribution in [0.5, 0.6) is 0 Å². The molecule has 202 valence electrons. The van der Waals surface area contributed by atoms with Gasteiger partial charge in [-0.1, -0.05) is 27.7 Å². The number of carbonyl (C=O) groups is 5. The summed E-state index contributed by atoms with van der Waals surface area (Å²) >= 11 is 0. The lowest BCUT2D eigenvalue weighted by molar-refractivity contribution is -0.147. The predicted molar refractivity (Wildman–Crippen MR) is 127 cm³/mol. The maximum Gasteiger partial charge on any atom is 0.326 e. The smallest absolute Gasteiger partial charge is 0.326 e.